The fourth-order valence-electron chi connectivity index (χ4n) is 7.72. The van der Waals surface area contributed by atoms with Gasteiger partial charge in [-0.2, -0.15) is 0 Å². The number of carbonyl (C=O) groups is 2. The summed E-state index contributed by atoms with van der Waals surface area (Å²) >= 11 is 0. The fraction of sp³-hybridized carbons (Fsp3) is 0.583. The zero-order valence-corrected chi connectivity index (χ0v) is 28.0. The van der Waals surface area contributed by atoms with Gasteiger partial charge in [0.1, 0.15) is 5.82 Å². The number of hydrogen-bond acceptors (Lipinski definition) is 4. The van der Waals surface area contributed by atoms with Crippen LogP contribution in [0.4, 0.5) is 9.18 Å². The molecule has 8 nitrogen and oxygen atoms in total. The highest BCUT2D eigenvalue weighted by Crippen LogP contribution is 2.38. The number of amides is 2. The van der Waals surface area contributed by atoms with Gasteiger partial charge in [0, 0.05) is 60.5 Å². The Hall–Kier alpha value is -3.46. The molecular weight excluding hydrogens is 569 g/mol. The second kappa shape index (κ2) is 13.1. The summed E-state index contributed by atoms with van der Waals surface area (Å²) in [6.45, 7) is 16.9. The van der Waals surface area contributed by atoms with E-state index in [2.05, 4.69) is 16.1 Å². The standard InChI is InChI=1S/C36H50FN5O3/c1-23(2)41(24(3)4)34(43)30-18-27(37)10-13-32(30)40-22-31(29-14-16-38-19-33(29)40)26-20-39(21-26)17-15-25-8-11-28(12-9-25)42(35(44)45)36(5,6)7/h10,13-14,16,18-19,22-26,28H,8-9,11-12,15,17,20-21H2,1-7H3,(H,44,45)/t25-,28-. The van der Waals surface area contributed by atoms with Gasteiger partial charge in [0.15, 0.2) is 0 Å². The van der Waals surface area contributed by atoms with Crippen LogP contribution in [0.1, 0.15) is 102 Å². The molecule has 0 atom stereocenters. The van der Waals surface area contributed by atoms with Crippen molar-refractivity contribution >= 4 is 22.9 Å². The van der Waals surface area contributed by atoms with Gasteiger partial charge in [0.25, 0.3) is 5.91 Å². The molecule has 3 heterocycles. The maximum Gasteiger partial charge on any atom is 0.407 e. The number of benzene rings is 1. The van der Waals surface area contributed by atoms with E-state index in [1.165, 1.54) is 17.7 Å². The summed E-state index contributed by atoms with van der Waals surface area (Å²) in [5, 5.41) is 10.9. The quantitative estimate of drug-likeness (QED) is 0.268. The van der Waals surface area contributed by atoms with Gasteiger partial charge in [-0.05, 0) is 123 Å². The van der Waals surface area contributed by atoms with E-state index in [4.69, 9.17) is 0 Å². The molecular formula is C36H50FN5O3. The maximum absolute atomic E-state index is 14.6. The summed E-state index contributed by atoms with van der Waals surface area (Å²) in [5.74, 6) is 0.389. The first kappa shape index (κ1) is 32.9. The SMILES string of the molecule is CC(C)N(C(=O)c1cc(F)ccc1-n1cc(C2CN(CC[C@H]3CC[C@H](N(C(=O)O)C(C)(C)C)CC3)C2)c2ccncc21)C(C)C. The van der Waals surface area contributed by atoms with Crippen LogP contribution < -0.4 is 0 Å². The minimum Gasteiger partial charge on any atom is -0.465 e. The van der Waals surface area contributed by atoms with E-state index >= 15 is 0 Å². The van der Waals surface area contributed by atoms with Crippen molar-refractivity contribution in [2.75, 3.05) is 19.6 Å². The van der Waals surface area contributed by atoms with Crippen LogP contribution in [0.3, 0.4) is 0 Å². The van der Waals surface area contributed by atoms with E-state index in [1.807, 2.05) is 71.5 Å². The smallest absolute Gasteiger partial charge is 0.407 e. The average molecular weight is 620 g/mol. The van der Waals surface area contributed by atoms with Gasteiger partial charge in [0.05, 0.1) is 23.0 Å². The van der Waals surface area contributed by atoms with Crippen molar-refractivity contribution in [3.63, 3.8) is 0 Å². The third-order valence-corrected chi connectivity index (χ3v) is 9.80. The second-order valence-electron chi connectivity index (χ2n) is 14.7. The fourth-order valence-corrected chi connectivity index (χ4v) is 7.72. The number of likely N-dealkylation sites (tertiary alicyclic amines) is 1. The zero-order valence-electron chi connectivity index (χ0n) is 28.0. The van der Waals surface area contributed by atoms with E-state index in [0.717, 1.165) is 62.6 Å². The molecule has 1 saturated heterocycles. The summed E-state index contributed by atoms with van der Waals surface area (Å²) in [6, 6.07) is 6.59. The highest BCUT2D eigenvalue weighted by Gasteiger charge is 2.36. The Kier molecular flexibility index (Phi) is 9.59. The number of carbonyl (C=O) groups excluding carboxylic acids is 1. The number of hydrogen-bond donors (Lipinski definition) is 1. The van der Waals surface area contributed by atoms with Gasteiger partial charge < -0.3 is 24.4 Å². The van der Waals surface area contributed by atoms with Gasteiger partial charge in [-0.15, -0.1) is 0 Å². The molecule has 2 aromatic heterocycles. The van der Waals surface area contributed by atoms with Crippen LogP contribution in [0, 0.1) is 11.7 Å². The molecule has 244 valence electrons. The molecule has 45 heavy (non-hydrogen) atoms. The van der Waals surface area contributed by atoms with Gasteiger partial charge in [0.2, 0.25) is 0 Å². The average Bonchev–Trinajstić information content (AvgIpc) is 3.30. The first-order valence-corrected chi connectivity index (χ1v) is 16.6. The minimum atomic E-state index is -0.815. The number of fused-ring (bicyclic) bond motifs is 1. The van der Waals surface area contributed by atoms with Gasteiger partial charge >= 0.3 is 6.09 Å². The van der Waals surface area contributed by atoms with E-state index in [9.17, 15) is 19.1 Å². The van der Waals surface area contributed by atoms with Crippen molar-refractivity contribution in [2.24, 2.45) is 5.92 Å². The molecule has 1 aliphatic carbocycles. The highest BCUT2D eigenvalue weighted by atomic mass is 19.1. The lowest BCUT2D eigenvalue weighted by atomic mass is 9.82. The van der Waals surface area contributed by atoms with Gasteiger partial charge in [-0.3, -0.25) is 9.78 Å². The van der Waals surface area contributed by atoms with Crippen molar-refractivity contribution in [3.05, 3.63) is 59.8 Å². The van der Waals surface area contributed by atoms with Crippen molar-refractivity contribution in [2.45, 2.75) is 110 Å². The van der Waals surface area contributed by atoms with Gasteiger partial charge in [-0.25, -0.2) is 9.18 Å². The Bertz CT molecular complexity index is 1500. The Labute approximate surface area is 267 Å². The molecule has 1 aromatic carbocycles. The van der Waals surface area contributed by atoms with E-state index in [0.29, 0.717) is 23.1 Å². The molecule has 2 amide bonds. The predicted octanol–water partition coefficient (Wildman–Crippen LogP) is 7.55. The Morgan fingerprint density at radius 2 is 1.71 bits per heavy atom. The lowest BCUT2D eigenvalue weighted by Gasteiger charge is -2.43. The number of halogens is 1. The van der Waals surface area contributed by atoms with E-state index < -0.39 is 11.9 Å². The van der Waals surface area contributed by atoms with Crippen LogP contribution >= 0.6 is 0 Å². The molecule has 0 radical (unpaired) electrons. The van der Waals surface area contributed by atoms with Crippen molar-refractivity contribution in [3.8, 4) is 5.69 Å². The number of rotatable bonds is 9. The first-order chi connectivity index (χ1) is 21.3. The van der Waals surface area contributed by atoms with E-state index in [1.54, 1.807) is 15.9 Å². The second-order valence-corrected chi connectivity index (χ2v) is 14.7. The summed E-state index contributed by atoms with van der Waals surface area (Å²) < 4.78 is 16.6. The predicted molar refractivity (Wildman–Crippen MR) is 177 cm³/mol. The van der Waals surface area contributed by atoms with Crippen LogP contribution in [-0.4, -0.2) is 84.7 Å². The topological polar surface area (TPSA) is 81.9 Å². The number of pyridine rings is 1. The Morgan fingerprint density at radius 1 is 1.04 bits per heavy atom. The molecule has 0 unspecified atom stereocenters. The molecule has 2 aliphatic rings. The largest absolute Gasteiger partial charge is 0.465 e. The number of nitrogens with zero attached hydrogens (tertiary/aromatic N) is 5. The monoisotopic (exact) mass is 619 g/mol. The third kappa shape index (κ3) is 6.88. The summed E-state index contributed by atoms with van der Waals surface area (Å²) in [4.78, 5) is 36.1. The summed E-state index contributed by atoms with van der Waals surface area (Å²) in [6.07, 6.45) is 10.1. The maximum atomic E-state index is 14.6. The van der Waals surface area contributed by atoms with Crippen molar-refractivity contribution in [1.82, 2.24) is 24.3 Å². The summed E-state index contributed by atoms with van der Waals surface area (Å²) in [7, 11) is 0. The highest BCUT2D eigenvalue weighted by molar-refractivity contribution is 5.99. The molecule has 1 aliphatic heterocycles. The number of carboxylic acid groups (broad SMARTS) is 1. The first-order valence-electron chi connectivity index (χ1n) is 16.6. The van der Waals surface area contributed by atoms with Crippen LogP contribution in [0.15, 0.2) is 42.9 Å². The normalized spacial score (nSPS) is 19.7. The van der Waals surface area contributed by atoms with Crippen LogP contribution in [0.5, 0.6) is 0 Å². The van der Waals surface area contributed by atoms with Gasteiger partial charge in [-0.1, -0.05) is 0 Å². The number of aromatic nitrogens is 2. The molecule has 9 heteroatoms. The molecule has 1 N–H and O–H groups in total. The van der Waals surface area contributed by atoms with Crippen LogP contribution in [0.25, 0.3) is 16.6 Å². The molecule has 2 fully saturated rings. The lowest BCUT2D eigenvalue weighted by Crippen LogP contribution is -2.52. The lowest BCUT2D eigenvalue weighted by molar-refractivity contribution is 0.0474. The molecule has 5 rings (SSSR count). The van der Waals surface area contributed by atoms with Crippen molar-refractivity contribution < 1.29 is 19.1 Å². The minimum absolute atomic E-state index is 0.0221. The Morgan fingerprint density at radius 3 is 2.31 bits per heavy atom. The molecule has 1 saturated carbocycles. The van der Waals surface area contributed by atoms with E-state index in [-0.39, 0.29) is 29.6 Å². The zero-order chi connectivity index (χ0) is 32.6. The van der Waals surface area contributed by atoms with Crippen molar-refractivity contribution in [1.29, 1.82) is 0 Å². The molecule has 3 aromatic rings. The molecule has 0 bridgehead atoms. The third-order valence-electron chi connectivity index (χ3n) is 9.80. The summed E-state index contributed by atoms with van der Waals surface area (Å²) in [5.41, 5.74) is 2.77. The van der Waals surface area contributed by atoms with Crippen LogP contribution in [0.2, 0.25) is 0 Å². The molecule has 0 spiro atoms. The Balaban J connectivity index is 1.27. The van der Waals surface area contributed by atoms with Crippen LogP contribution in [-0.2, 0) is 0 Å².